The Kier molecular flexibility index (Phi) is 5.22. The van der Waals surface area contributed by atoms with Crippen molar-refractivity contribution in [3.8, 4) is 0 Å². The largest absolute Gasteiger partial charge is 0.393 e. The highest BCUT2D eigenvalue weighted by atomic mass is 16.3. The van der Waals surface area contributed by atoms with E-state index in [1.807, 2.05) is 0 Å². The Morgan fingerprint density at radius 1 is 1.62 bits per heavy atom. The summed E-state index contributed by atoms with van der Waals surface area (Å²) >= 11 is 0. The van der Waals surface area contributed by atoms with E-state index < -0.39 is 0 Å². The van der Waals surface area contributed by atoms with Gasteiger partial charge in [-0.25, -0.2) is 0 Å². The van der Waals surface area contributed by atoms with E-state index in [9.17, 15) is 4.79 Å². The minimum atomic E-state index is -0.343. The third-order valence-electron chi connectivity index (χ3n) is 3.30. The van der Waals surface area contributed by atoms with E-state index in [0.717, 1.165) is 32.4 Å². The number of aliphatic hydroxyl groups excluding tert-OH is 1. The van der Waals surface area contributed by atoms with Crippen LogP contribution in [0.25, 0.3) is 0 Å². The first-order valence-electron chi connectivity index (χ1n) is 6.28. The van der Waals surface area contributed by atoms with Gasteiger partial charge in [-0.1, -0.05) is 13.3 Å². The minimum absolute atomic E-state index is 0.153. The van der Waals surface area contributed by atoms with E-state index >= 15 is 0 Å². The molecular formula is C12H24N2O2. The van der Waals surface area contributed by atoms with Crippen LogP contribution in [0.4, 0.5) is 0 Å². The highest BCUT2D eigenvalue weighted by molar-refractivity contribution is 5.83. The van der Waals surface area contributed by atoms with Crippen LogP contribution in [-0.4, -0.2) is 36.8 Å². The third-order valence-corrected chi connectivity index (χ3v) is 3.30. The van der Waals surface area contributed by atoms with Gasteiger partial charge in [0.2, 0.25) is 5.91 Å². The van der Waals surface area contributed by atoms with Gasteiger partial charge in [0.25, 0.3) is 0 Å². The molecule has 4 heteroatoms. The molecule has 0 spiro atoms. The van der Waals surface area contributed by atoms with Crippen LogP contribution >= 0.6 is 0 Å². The average molecular weight is 228 g/mol. The summed E-state index contributed by atoms with van der Waals surface area (Å²) in [5.74, 6) is 0.153. The molecule has 1 rings (SSSR count). The summed E-state index contributed by atoms with van der Waals surface area (Å²) in [5, 5.41) is 15.3. The maximum atomic E-state index is 12.1. The summed E-state index contributed by atoms with van der Waals surface area (Å²) < 4.78 is 0. The van der Waals surface area contributed by atoms with Crippen LogP contribution in [0.5, 0.6) is 0 Å². The Morgan fingerprint density at radius 3 is 2.88 bits per heavy atom. The second-order valence-electron chi connectivity index (χ2n) is 4.85. The molecule has 1 fully saturated rings. The van der Waals surface area contributed by atoms with Crippen LogP contribution in [0.3, 0.4) is 0 Å². The molecule has 1 aliphatic heterocycles. The van der Waals surface area contributed by atoms with E-state index in [1.54, 1.807) is 6.92 Å². The molecule has 4 nitrogen and oxygen atoms in total. The van der Waals surface area contributed by atoms with Gasteiger partial charge in [0.1, 0.15) is 0 Å². The summed E-state index contributed by atoms with van der Waals surface area (Å²) in [7, 11) is 0. The molecule has 1 saturated heterocycles. The molecule has 3 N–H and O–H groups in total. The lowest BCUT2D eigenvalue weighted by Gasteiger charge is -2.26. The van der Waals surface area contributed by atoms with Crippen molar-refractivity contribution in [3.63, 3.8) is 0 Å². The molecule has 94 valence electrons. The van der Waals surface area contributed by atoms with Crippen molar-refractivity contribution in [1.29, 1.82) is 0 Å². The van der Waals surface area contributed by atoms with Gasteiger partial charge in [-0.2, -0.15) is 0 Å². The zero-order valence-electron chi connectivity index (χ0n) is 10.4. The SMILES string of the molecule is CCCC1(C(=O)NCCC(C)O)CCNC1. The number of carbonyl (C=O) groups excluding carboxylic acids is 1. The molecule has 1 aliphatic rings. The van der Waals surface area contributed by atoms with E-state index in [2.05, 4.69) is 17.6 Å². The van der Waals surface area contributed by atoms with Crippen molar-refractivity contribution in [2.45, 2.75) is 45.6 Å². The van der Waals surface area contributed by atoms with Crippen molar-refractivity contribution in [3.05, 3.63) is 0 Å². The topological polar surface area (TPSA) is 61.4 Å². The molecular weight excluding hydrogens is 204 g/mol. The summed E-state index contributed by atoms with van der Waals surface area (Å²) in [6, 6.07) is 0. The number of hydrogen-bond acceptors (Lipinski definition) is 3. The second kappa shape index (κ2) is 6.21. The van der Waals surface area contributed by atoms with Gasteiger partial charge in [0.15, 0.2) is 0 Å². The zero-order valence-corrected chi connectivity index (χ0v) is 10.4. The van der Waals surface area contributed by atoms with Crippen LogP contribution in [0.2, 0.25) is 0 Å². The lowest BCUT2D eigenvalue weighted by Crippen LogP contribution is -2.43. The molecule has 0 aromatic heterocycles. The Bertz CT molecular complexity index is 223. The molecule has 1 heterocycles. The van der Waals surface area contributed by atoms with E-state index in [1.165, 1.54) is 0 Å². The molecule has 2 unspecified atom stereocenters. The van der Waals surface area contributed by atoms with Gasteiger partial charge in [0.05, 0.1) is 11.5 Å². The molecule has 0 aromatic carbocycles. The summed E-state index contributed by atoms with van der Waals surface area (Å²) in [5.41, 5.74) is -0.201. The highest BCUT2D eigenvalue weighted by Gasteiger charge is 2.39. The molecule has 16 heavy (non-hydrogen) atoms. The van der Waals surface area contributed by atoms with E-state index in [4.69, 9.17) is 5.11 Å². The fraction of sp³-hybridized carbons (Fsp3) is 0.917. The monoisotopic (exact) mass is 228 g/mol. The Labute approximate surface area is 97.8 Å². The van der Waals surface area contributed by atoms with Crippen molar-refractivity contribution in [1.82, 2.24) is 10.6 Å². The van der Waals surface area contributed by atoms with Crippen molar-refractivity contribution in [2.24, 2.45) is 5.41 Å². The van der Waals surface area contributed by atoms with Gasteiger partial charge in [0, 0.05) is 13.1 Å². The first kappa shape index (κ1) is 13.5. The first-order chi connectivity index (χ1) is 7.60. The van der Waals surface area contributed by atoms with Gasteiger partial charge >= 0.3 is 0 Å². The minimum Gasteiger partial charge on any atom is -0.393 e. The summed E-state index contributed by atoms with van der Waals surface area (Å²) in [6.45, 7) is 6.15. The van der Waals surface area contributed by atoms with Crippen LogP contribution in [0.1, 0.15) is 39.5 Å². The van der Waals surface area contributed by atoms with Crippen LogP contribution < -0.4 is 10.6 Å². The van der Waals surface area contributed by atoms with Crippen LogP contribution in [-0.2, 0) is 4.79 Å². The standard InChI is InChI=1S/C12H24N2O2/c1-3-5-12(6-8-13-9-12)11(16)14-7-4-10(2)15/h10,13,15H,3-9H2,1-2H3,(H,14,16). The predicted molar refractivity (Wildman–Crippen MR) is 64.1 cm³/mol. The molecule has 2 atom stereocenters. The van der Waals surface area contributed by atoms with Crippen molar-refractivity contribution in [2.75, 3.05) is 19.6 Å². The average Bonchev–Trinajstić information content (AvgIpc) is 2.67. The maximum Gasteiger partial charge on any atom is 0.227 e. The van der Waals surface area contributed by atoms with Crippen LogP contribution in [0.15, 0.2) is 0 Å². The predicted octanol–water partition coefficient (Wildman–Crippen LogP) is 0.653. The lowest BCUT2D eigenvalue weighted by molar-refractivity contribution is -0.130. The highest BCUT2D eigenvalue weighted by Crippen LogP contribution is 2.31. The molecule has 1 amide bonds. The summed E-state index contributed by atoms with van der Waals surface area (Å²) in [4.78, 5) is 12.1. The van der Waals surface area contributed by atoms with Gasteiger partial charge in [-0.3, -0.25) is 4.79 Å². The summed E-state index contributed by atoms with van der Waals surface area (Å²) in [6.07, 6.45) is 3.19. The molecule has 0 aromatic rings. The normalized spacial score (nSPS) is 26.7. The molecule has 0 aliphatic carbocycles. The number of aliphatic hydroxyl groups is 1. The van der Waals surface area contributed by atoms with E-state index in [0.29, 0.717) is 13.0 Å². The van der Waals surface area contributed by atoms with Crippen molar-refractivity contribution < 1.29 is 9.90 Å². The first-order valence-corrected chi connectivity index (χ1v) is 6.28. The van der Waals surface area contributed by atoms with Gasteiger partial charge < -0.3 is 15.7 Å². The molecule has 0 saturated carbocycles. The van der Waals surface area contributed by atoms with Gasteiger partial charge in [-0.05, 0) is 32.7 Å². The lowest BCUT2D eigenvalue weighted by atomic mass is 9.81. The molecule has 0 bridgehead atoms. The third kappa shape index (κ3) is 3.46. The fourth-order valence-corrected chi connectivity index (χ4v) is 2.33. The number of carbonyl (C=O) groups is 1. The number of nitrogens with one attached hydrogen (secondary N) is 2. The van der Waals surface area contributed by atoms with Gasteiger partial charge in [-0.15, -0.1) is 0 Å². The second-order valence-corrected chi connectivity index (χ2v) is 4.85. The Hall–Kier alpha value is -0.610. The Morgan fingerprint density at radius 2 is 2.38 bits per heavy atom. The van der Waals surface area contributed by atoms with Crippen molar-refractivity contribution >= 4 is 5.91 Å². The Balaban J connectivity index is 2.42. The number of hydrogen-bond donors (Lipinski definition) is 3. The zero-order chi connectivity index (χ0) is 12.0. The fourth-order valence-electron chi connectivity index (χ4n) is 2.33. The quantitative estimate of drug-likeness (QED) is 0.625. The smallest absolute Gasteiger partial charge is 0.227 e. The number of rotatable bonds is 6. The van der Waals surface area contributed by atoms with E-state index in [-0.39, 0.29) is 17.4 Å². The van der Waals surface area contributed by atoms with Crippen LogP contribution in [0, 0.1) is 5.41 Å². The maximum absolute atomic E-state index is 12.1. The molecule has 0 radical (unpaired) electrons. The number of amides is 1.